The third-order valence-corrected chi connectivity index (χ3v) is 2.49. The number of aromatic nitrogens is 1. The van der Waals surface area contributed by atoms with Crippen LogP contribution in [0.25, 0.3) is 0 Å². The first kappa shape index (κ1) is 13.3. The number of hydrogen-bond donors (Lipinski definition) is 3. The lowest BCUT2D eigenvalue weighted by molar-refractivity contribution is -0.141. The predicted molar refractivity (Wildman–Crippen MR) is 63.8 cm³/mol. The van der Waals surface area contributed by atoms with Gasteiger partial charge in [-0.2, -0.15) is 13.2 Å². The molecule has 0 amide bonds. The van der Waals surface area contributed by atoms with Crippen LogP contribution < -0.4 is 16.8 Å². The quantitative estimate of drug-likeness (QED) is 0.739. The average molecular weight is 271 g/mol. The van der Waals surface area contributed by atoms with Gasteiger partial charge in [-0.1, -0.05) is 6.07 Å². The van der Waals surface area contributed by atoms with Crippen molar-refractivity contribution in [1.82, 2.24) is 10.3 Å². The van der Waals surface area contributed by atoms with Gasteiger partial charge in [0.1, 0.15) is 11.4 Å². The van der Waals surface area contributed by atoms with Gasteiger partial charge in [0.05, 0.1) is 0 Å². The zero-order valence-electron chi connectivity index (χ0n) is 9.78. The van der Waals surface area contributed by atoms with Crippen LogP contribution in [0, 0.1) is 0 Å². The molecule has 1 aliphatic heterocycles. The second-order valence-electron chi connectivity index (χ2n) is 4.15. The molecule has 102 valence electrons. The fraction of sp³-hybridized carbons (Fsp3) is 0.273. The van der Waals surface area contributed by atoms with Crippen LogP contribution in [0.5, 0.6) is 0 Å². The molecule has 0 saturated carbocycles. The highest BCUT2D eigenvalue weighted by atomic mass is 19.4. The van der Waals surface area contributed by atoms with E-state index in [9.17, 15) is 13.2 Å². The van der Waals surface area contributed by atoms with Crippen LogP contribution in [-0.4, -0.2) is 16.6 Å². The number of rotatable bonds is 2. The van der Waals surface area contributed by atoms with Crippen LogP contribution in [0.3, 0.4) is 0 Å². The zero-order chi connectivity index (χ0) is 14.1. The van der Waals surface area contributed by atoms with Crippen molar-refractivity contribution in [3.8, 4) is 0 Å². The molecule has 0 saturated heterocycles. The summed E-state index contributed by atoms with van der Waals surface area (Å²) in [7, 11) is 0. The first-order chi connectivity index (χ1) is 8.78. The van der Waals surface area contributed by atoms with Crippen LogP contribution >= 0.6 is 0 Å². The Balaban J connectivity index is 2.25. The number of alkyl halides is 3. The molecule has 0 radical (unpaired) electrons. The van der Waals surface area contributed by atoms with Gasteiger partial charge in [-0.05, 0) is 18.2 Å². The Kier molecular flexibility index (Phi) is 3.19. The molecule has 5 N–H and O–H groups in total. The van der Waals surface area contributed by atoms with E-state index in [0.717, 1.165) is 6.07 Å². The molecule has 19 heavy (non-hydrogen) atoms. The van der Waals surface area contributed by atoms with E-state index in [2.05, 4.69) is 15.3 Å². The van der Waals surface area contributed by atoms with E-state index in [1.807, 2.05) is 0 Å². The lowest BCUT2D eigenvalue weighted by atomic mass is 10.0. The molecule has 0 bridgehead atoms. The van der Waals surface area contributed by atoms with E-state index in [-0.39, 0.29) is 18.1 Å². The highest BCUT2D eigenvalue weighted by Crippen LogP contribution is 2.28. The summed E-state index contributed by atoms with van der Waals surface area (Å²) in [5, 5.41) is 2.63. The number of nitrogens with one attached hydrogen (secondary N) is 1. The minimum Gasteiger partial charge on any atom is -0.370 e. The minimum absolute atomic E-state index is 0.0236. The van der Waals surface area contributed by atoms with Gasteiger partial charge >= 0.3 is 6.18 Å². The van der Waals surface area contributed by atoms with E-state index in [1.54, 1.807) is 0 Å². The summed E-state index contributed by atoms with van der Waals surface area (Å²) in [6.07, 6.45) is -1.44. The summed E-state index contributed by atoms with van der Waals surface area (Å²) in [5.41, 5.74) is 9.45. The summed E-state index contributed by atoms with van der Waals surface area (Å²) in [5.74, 6) is 0.108. The molecule has 1 aromatic heterocycles. The van der Waals surface area contributed by atoms with E-state index < -0.39 is 17.5 Å². The summed E-state index contributed by atoms with van der Waals surface area (Å²) in [6.45, 7) is 0. The molecule has 1 atom stereocenters. The number of guanidine groups is 1. The van der Waals surface area contributed by atoms with E-state index in [4.69, 9.17) is 11.5 Å². The molecular formula is C11H12F3N5. The zero-order valence-corrected chi connectivity index (χ0v) is 9.78. The Morgan fingerprint density at radius 2 is 2.05 bits per heavy atom. The first-order valence-corrected chi connectivity index (χ1v) is 5.40. The van der Waals surface area contributed by atoms with Gasteiger partial charge in [-0.25, -0.2) is 9.98 Å². The number of aliphatic imine (C=N–C) groups is 1. The predicted octanol–water partition coefficient (Wildman–Crippen LogP) is 0.730. The average Bonchev–Trinajstić information content (AvgIpc) is 2.27. The maximum atomic E-state index is 12.5. The molecule has 0 aliphatic carbocycles. The number of pyridine rings is 1. The van der Waals surface area contributed by atoms with Gasteiger partial charge < -0.3 is 16.8 Å². The van der Waals surface area contributed by atoms with Gasteiger partial charge in [0, 0.05) is 18.3 Å². The molecule has 0 spiro atoms. The van der Waals surface area contributed by atoms with Crippen molar-refractivity contribution in [2.45, 2.75) is 18.3 Å². The Morgan fingerprint density at radius 3 is 2.68 bits per heavy atom. The van der Waals surface area contributed by atoms with Crippen molar-refractivity contribution >= 4 is 5.96 Å². The molecule has 0 aromatic carbocycles. The molecule has 1 aliphatic rings. The molecule has 8 heteroatoms. The molecule has 1 unspecified atom stereocenters. The van der Waals surface area contributed by atoms with Crippen molar-refractivity contribution in [2.75, 3.05) is 0 Å². The molecule has 0 fully saturated rings. The third kappa shape index (κ3) is 3.22. The molecule has 5 nitrogen and oxygen atoms in total. The molecule has 2 heterocycles. The van der Waals surface area contributed by atoms with Gasteiger partial charge in [0.25, 0.3) is 0 Å². The summed E-state index contributed by atoms with van der Waals surface area (Å²) in [4.78, 5) is 7.49. The van der Waals surface area contributed by atoms with Crippen LogP contribution in [-0.2, 0) is 12.6 Å². The topological polar surface area (TPSA) is 89.3 Å². The van der Waals surface area contributed by atoms with E-state index >= 15 is 0 Å². The summed E-state index contributed by atoms with van der Waals surface area (Å²) in [6, 6.07) is 3.65. The van der Waals surface area contributed by atoms with Gasteiger partial charge in [-0.3, -0.25) is 0 Å². The highest BCUT2D eigenvalue weighted by Gasteiger charge is 2.33. The van der Waals surface area contributed by atoms with Crippen LogP contribution in [0.15, 0.2) is 35.5 Å². The van der Waals surface area contributed by atoms with Gasteiger partial charge in [-0.15, -0.1) is 0 Å². The van der Waals surface area contributed by atoms with Crippen LogP contribution in [0.4, 0.5) is 13.2 Å². The number of nitrogens with two attached hydrogens (primary N) is 2. The third-order valence-electron chi connectivity index (χ3n) is 2.49. The lowest BCUT2D eigenvalue weighted by Crippen LogP contribution is -2.46. The monoisotopic (exact) mass is 271 g/mol. The van der Waals surface area contributed by atoms with Crippen molar-refractivity contribution in [1.29, 1.82) is 0 Å². The summed E-state index contributed by atoms with van der Waals surface area (Å²) >= 11 is 0. The van der Waals surface area contributed by atoms with Crippen molar-refractivity contribution < 1.29 is 13.2 Å². The van der Waals surface area contributed by atoms with Crippen LogP contribution in [0.1, 0.15) is 11.4 Å². The Hall–Kier alpha value is -2.09. The maximum Gasteiger partial charge on any atom is 0.433 e. The Bertz CT molecular complexity index is 537. The molecule has 2 rings (SSSR count). The van der Waals surface area contributed by atoms with Crippen molar-refractivity contribution in [3.63, 3.8) is 0 Å². The van der Waals surface area contributed by atoms with Crippen LogP contribution in [0.2, 0.25) is 0 Å². The van der Waals surface area contributed by atoms with Crippen molar-refractivity contribution in [3.05, 3.63) is 41.9 Å². The second kappa shape index (κ2) is 4.54. The molecular weight excluding hydrogens is 259 g/mol. The fourth-order valence-electron chi connectivity index (χ4n) is 1.69. The van der Waals surface area contributed by atoms with Crippen molar-refractivity contribution in [2.24, 2.45) is 16.5 Å². The van der Waals surface area contributed by atoms with Gasteiger partial charge in [0.2, 0.25) is 0 Å². The number of halogens is 3. The maximum absolute atomic E-state index is 12.5. The molecule has 1 aromatic rings. The van der Waals surface area contributed by atoms with E-state index in [0.29, 0.717) is 0 Å². The lowest BCUT2D eigenvalue weighted by Gasteiger charge is -2.24. The fourth-order valence-corrected chi connectivity index (χ4v) is 1.69. The minimum atomic E-state index is -4.48. The first-order valence-electron chi connectivity index (χ1n) is 5.40. The Labute approximate surface area is 107 Å². The largest absolute Gasteiger partial charge is 0.433 e. The number of nitrogens with zero attached hydrogens (tertiary/aromatic N) is 2. The second-order valence-corrected chi connectivity index (χ2v) is 4.15. The number of hydrogen-bond acceptors (Lipinski definition) is 5. The van der Waals surface area contributed by atoms with Gasteiger partial charge in [0.15, 0.2) is 5.96 Å². The summed E-state index contributed by atoms with van der Waals surface area (Å²) < 4.78 is 37.6. The standard InChI is InChI=1S/C11H12F3N5/c12-11(13,14)8-3-1-2-7(18-8)6-10(16)4-5-17-9(15)19-10/h1-5H,6,16H2,(H3,15,17,19). The SMILES string of the molecule is NC1=NC(N)(Cc2cccc(C(F)(F)F)n2)C=CN1. The normalized spacial score (nSPS) is 22.8. The van der Waals surface area contributed by atoms with E-state index in [1.165, 1.54) is 24.4 Å². The Morgan fingerprint density at radius 1 is 1.32 bits per heavy atom. The smallest absolute Gasteiger partial charge is 0.370 e. The highest BCUT2D eigenvalue weighted by molar-refractivity contribution is 5.80.